The Labute approximate surface area is 125 Å². The molecule has 1 N–H and O–H groups in total. The van der Waals surface area contributed by atoms with E-state index in [9.17, 15) is 14.7 Å². The number of carbonyl (C=O) groups is 2. The molecule has 0 saturated carbocycles. The molecule has 0 fully saturated rings. The lowest BCUT2D eigenvalue weighted by molar-refractivity contribution is -0.305. The maximum Gasteiger partial charge on any atom is 0.257 e. The number of nitrogens with one attached hydrogen (secondary N) is 1. The molecule has 5 heteroatoms. The van der Waals surface area contributed by atoms with Crippen molar-refractivity contribution in [3.8, 4) is 5.75 Å². The normalized spacial score (nSPS) is 11.0. The second kappa shape index (κ2) is 7.67. The first-order valence-electron chi connectivity index (χ1n) is 7.05. The number of benzene rings is 1. The molecule has 1 amide bonds. The number of carboxylic acids is 1. The van der Waals surface area contributed by atoms with E-state index in [1.165, 1.54) is 5.56 Å². The van der Waals surface area contributed by atoms with Crippen LogP contribution in [0.15, 0.2) is 24.3 Å². The van der Waals surface area contributed by atoms with E-state index in [4.69, 9.17) is 4.74 Å². The van der Waals surface area contributed by atoms with Crippen LogP contribution in [0.4, 0.5) is 0 Å². The van der Waals surface area contributed by atoms with E-state index in [2.05, 4.69) is 26.1 Å². The zero-order valence-corrected chi connectivity index (χ0v) is 12.8. The van der Waals surface area contributed by atoms with Crippen LogP contribution in [0.5, 0.6) is 5.75 Å². The third kappa shape index (κ3) is 5.85. The summed E-state index contributed by atoms with van der Waals surface area (Å²) in [6.07, 6.45) is 0.834. The largest absolute Gasteiger partial charge is 0.550 e. The Kier molecular flexibility index (Phi) is 6.21. The number of ether oxygens (including phenoxy) is 1. The van der Waals surface area contributed by atoms with E-state index < -0.39 is 5.97 Å². The van der Waals surface area contributed by atoms with Crippen LogP contribution in [-0.2, 0) is 15.0 Å². The molecule has 0 atom stereocenters. The van der Waals surface area contributed by atoms with Gasteiger partial charge < -0.3 is 20.0 Å². The van der Waals surface area contributed by atoms with Gasteiger partial charge in [0.25, 0.3) is 5.91 Å². The average Bonchev–Trinajstić information content (AvgIpc) is 2.45. The van der Waals surface area contributed by atoms with Gasteiger partial charge in [-0.15, -0.1) is 0 Å². The van der Waals surface area contributed by atoms with Crippen LogP contribution in [0.3, 0.4) is 0 Å². The standard InChI is InChI=1S/C16H23NO4/c1-4-16(2,3)12-5-7-13(8-6-12)21-11-14(18)17-10-9-15(19)20/h5-8H,4,9-11H2,1-3H3,(H,17,18)(H,19,20)/p-1. The lowest BCUT2D eigenvalue weighted by Gasteiger charge is -2.23. The third-order valence-corrected chi connectivity index (χ3v) is 3.54. The maximum atomic E-state index is 11.4. The van der Waals surface area contributed by atoms with Gasteiger partial charge in [0, 0.05) is 18.9 Å². The number of carboxylic acid groups (broad SMARTS) is 1. The number of rotatable bonds is 8. The summed E-state index contributed by atoms with van der Waals surface area (Å²) < 4.78 is 5.35. The van der Waals surface area contributed by atoms with Gasteiger partial charge >= 0.3 is 0 Å². The van der Waals surface area contributed by atoms with Gasteiger partial charge in [-0.3, -0.25) is 4.79 Å². The topological polar surface area (TPSA) is 78.5 Å². The highest BCUT2D eigenvalue weighted by Crippen LogP contribution is 2.27. The first-order chi connectivity index (χ1) is 9.85. The predicted octanol–water partition coefficient (Wildman–Crippen LogP) is 1.01. The van der Waals surface area contributed by atoms with Crippen LogP contribution in [0.1, 0.15) is 39.2 Å². The minimum absolute atomic E-state index is 0.0498. The predicted molar refractivity (Wildman–Crippen MR) is 77.9 cm³/mol. The van der Waals surface area contributed by atoms with Gasteiger partial charge in [0.15, 0.2) is 6.61 Å². The molecule has 1 rings (SSSR count). The molecule has 0 heterocycles. The molecule has 0 spiro atoms. The third-order valence-electron chi connectivity index (χ3n) is 3.54. The Balaban J connectivity index is 2.42. The van der Waals surface area contributed by atoms with Gasteiger partial charge in [0.05, 0.1) is 0 Å². The van der Waals surface area contributed by atoms with Crippen molar-refractivity contribution in [1.82, 2.24) is 5.32 Å². The van der Waals surface area contributed by atoms with Crippen LogP contribution >= 0.6 is 0 Å². The number of amides is 1. The van der Waals surface area contributed by atoms with E-state index in [1.807, 2.05) is 24.3 Å². The van der Waals surface area contributed by atoms with Crippen LogP contribution in [-0.4, -0.2) is 25.0 Å². The summed E-state index contributed by atoms with van der Waals surface area (Å²) >= 11 is 0. The van der Waals surface area contributed by atoms with Crippen molar-refractivity contribution in [2.24, 2.45) is 0 Å². The first-order valence-corrected chi connectivity index (χ1v) is 7.05. The Bertz CT molecular complexity index is 480. The van der Waals surface area contributed by atoms with E-state index >= 15 is 0 Å². The van der Waals surface area contributed by atoms with E-state index in [-0.39, 0.29) is 30.9 Å². The lowest BCUT2D eigenvalue weighted by atomic mass is 9.82. The SMILES string of the molecule is CCC(C)(C)c1ccc(OCC(=O)NCCC(=O)[O-])cc1. The number of carbonyl (C=O) groups excluding carboxylic acids is 2. The van der Waals surface area contributed by atoms with E-state index in [1.54, 1.807) is 0 Å². The minimum Gasteiger partial charge on any atom is -0.550 e. The summed E-state index contributed by atoms with van der Waals surface area (Å²) in [4.78, 5) is 21.6. The van der Waals surface area contributed by atoms with Crippen molar-refractivity contribution in [1.29, 1.82) is 0 Å². The molecule has 1 aromatic carbocycles. The molecular formula is C16H22NO4-. The Morgan fingerprint density at radius 1 is 1.24 bits per heavy atom. The summed E-state index contributed by atoms with van der Waals surface area (Å²) in [6.45, 7) is 6.40. The average molecular weight is 292 g/mol. The zero-order valence-electron chi connectivity index (χ0n) is 12.8. The van der Waals surface area contributed by atoms with Gasteiger partial charge in [-0.2, -0.15) is 0 Å². The summed E-state index contributed by atoms with van der Waals surface area (Å²) in [6, 6.07) is 7.65. The van der Waals surface area contributed by atoms with Crippen LogP contribution < -0.4 is 15.2 Å². The molecule has 0 aliphatic rings. The molecule has 0 aliphatic heterocycles. The van der Waals surface area contributed by atoms with Crippen molar-refractivity contribution in [3.05, 3.63) is 29.8 Å². The fourth-order valence-corrected chi connectivity index (χ4v) is 1.71. The lowest BCUT2D eigenvalue weighted by Crippen LogP contribution is -2.33. The smallest absolute Gasteiger partial charge is 0.257 e. The molecule has 0 aromatic heterocycles. The van der Waals surface area contributed by atoms with Crippen molar-refractivity contribution in [3.63, 3.8) is 0 Å². The van der Waals surface area contributed by atoms with E-state index in [0.29, 0.717) is 5.75 Å². The van der Waals surface area contributed by atoms with Crippen molar-refractivity contribution in [2.45, 2.75) is 39.0 Å². The molecule has 116 valence electrons. The number of hydrogen-bond donors (Lipinski definition) is 1. The Morgan fingerprint density at radius 3 is 2.38 bits per heavy atom. The molecule has 5 nitrogen and oxygen atoms in total. The number of aliphatic carboxylic acids is 1. The molecule has 0 radical (unpaired) electrons. The van der Waals surface area contributed by atoms with Crippen LogP contribution in [0, 0.1) is 0 Å². The molecule has 0 saturated heterocycles. The first kappa shape index (κ1) is 17.0. The van der Waals surface area contributed by atoms with Crippen molar-refractivity contribution < 1.29 is 19.4 Å². The Hall–Kier alpha value is -2.04. The quantitative estimate of drug-likeness (QED) is 0.775. The highest BCUT2D eigenvalue weighted by molar-refractivity contribution is 5.78. The molecule has 21 heavy (non-hydrogen) atoms. The highest BCUT2D eigenvalue weighted by Gasteiger charge is 2.17. The Morgan fingerprint density at radius 2 is 1.86 bits per heavy atom. The van der Waals surface area contributed by atoms with Crippen LogP contribution in [0.2, 0.25) is 0 Å². The maximum absolute atomic E-state index is 11.4. The van der Waals surface area contributed by atoms with Gasteiger partial charge in [0.1, 0.15) is 5.75 Å². The van der Waals surface area contributed by atoms with Gasteiger partial charge in [-0.05, 0) is 29.5 Å². The summed E-state index contributed by atoms with van der Waals surface area (Å²) in [5.41, 5.74) is 1.33. The monoisotopic (exact) mass is 292 g/mol. The summed E-state index contributed by atoms with van der Waals surface area (Å²) in [5, 5.41) is 12.6. The fourth-order valence-electron chi connectivity index (χ4n) is 1.71. The second-order valence-electron chi connectivity index (χ2n) is 5.52. The highest BCUT2D eigenvalue weighted by atomic mass is 16.5. The van der Waals surface area contributed by atoms with Gasteiger partial charge in [-0.1, -0.05) is 32.9 Å². The zero-order chi connectivity index (χ0) is 15.9. The molecule has 0 bridgehead atoms. The van der Waals surface area contributed by atoms with E-state index in [0.717, 1.165) is 6.42 Å². The molecule has 0 aliphatic carbocycles. The second-order valence-corrected chi connectivity index (χ2v) is 5.52. The van der Waals surface area contributed by atoms with Gasteiger partial charge in [-0.25, -0.2) is 0 Å². The molecular weight excluding hydrogens is 270 g/mol. The van der Waals surface area contributed by atoms with Crippen LogP contribution in [0.25, 0.3) is 0 Å². The van der Waals surface area contributed by atoms with Crippen molar-refractivity contribution >= 4 is 11.9 Å². The summed E-state index contributed by atoms with van der Waals surface area (Å²) in [5.74, 6) is -0.930. The van der Waals surface area contributed by atoms with Crippen molar-refractivity contribution in [2.75, 3.05) is 13.2 Å². The van der Waals surface area contributed by atoms with Gasteiger partial charge in [0.2, 0.25) is 0 Å². The summed E-state index contributed by atoms with van der Waals surface area (Å²) in [7, 11) is 0. The number of hydrogen-bond acceptors (Lipinski definition) is 4. The molecule has 0 unspecified atom stereocenters. The fraction of sp³-hybridized carbons (Fsp3) is 0.500. The molecule has 1 aromatic rings. The minimum atomic E-state index is -1.19.